The molecule has 0 spiro atoms. The fraction of sp³-hybridized carbons (Fsp3) is 0.636. The summed E-state index contributed by atoms with van der Waals surface area (Å²) in [5.41, 5.74) is 0.247. The molecule has 6 nitrogen and oxygen atoms in total. The number of aromatic hydroxyl groups is 1. The quantitative estimate of drug-likeness (QED) is 0.295. The fourth-order valence-electron chi connectivity index (χ4n) is 3.38. The third-order valence-corrected chi connectivity index (χ3v) is 8.16. The molecule has 2 amide bonds. The highest BCUT2D eigenvalue weighted by molar-refractivity contribution is 8.77. The number of carbonyl (C=O) groups excluding carboxylic acids is 2. The van der Waals surface area contributed by atoms with Crippen LogP contribution in [0.5, 0.6) is 5.75 Å². The van der Waals surface area contributed by atoms with Crippen LogP contribution in [-0.2, 0) is 4.79 Å². The lowest BCUT2D eigenvalue weighted by Crippen LogP contribution is -2.38. The van der Waals surface area contributed by atoms with Gasteiger partial charge in [-0.25, -0.2) is 0 Å². The smallest absolute Gasteiger partial charge is 0.255 e. The van der Waals surface area contributed by atoms with Gasteiger partial charge in [0.2, 0.25) is 5.91 Å². The van der Waals surface area contributed by atoms with Gasteiger partial charge in [0.25, 0.3) is 5.91 Å². The average Bonchev–Trinajstić information content (AvgIpc) is 3.24. The van der Waals surface area contributed by atoms with Crippen molar-refractivity contribution in [1.82, 2.24) is 15.5 Å². The van der Waals surface area contributed by atoms with Gasteiger partial charge in [-0.05, 0) is 50.9 Å². The number of benzene rings is 1. The Labute approximate surface area is 188 Å². The van der Waals surface area contributed by atoms with Crippen LogP contribution in [0.3, 0.4) is 0 Å². The molecule has 8 heteroatoms. The third-order valence-electron chi connectivity index (χ3n) is 5.15. The minimum Gasteiger partial charge on any atom is -0.507 e. The van der Waals surface area contributed by atoms with Gasteiger partial charge in [-0.3, -0.25) is 9.59 Å². The number of para-hydroxylation sites is 1. The Hall–Kier alpha value is -1.38. The van der Waals surface area contributed by atoms with Gasteiger partial charge in [0.1, 0.15) is 5.75 Å². The molecule has 0 radical (unpaired) electrons. The molecule has 1 aromatic rings. The van der Waals surface area contributed by atoms with Crippen LogP contribution >= 0.6 is 21.6 Å². The number of rotatable bonds is 14. The van der Waals surface area contributed by atoms with E-state index in [4.69, 9.17) is 0 Å². The predicted octanol–water partition coefficient (Wildman–Crippen LogP) is 3.66. The highest BCUT2D eigenvalue weighted by Crippen LogP contribution is 2.39. The van der Waals surface area contributed by atoms with E-state index in [9.17, 15) is 14.7 Å². The van der Waals surface area contributed by atoms with Crippen molar-refractivity contribution in [2.24, 2.45) is 0 Å². The maximum atomic E-state index is 12.1. The van der Waals surface area contributed by atoms with Crippen molar-refractivity contribution in [2.75, 3.05) is 38.5 Å². The van der Waals surface area contributed by atoms with Crippen LogP contribution in [-0.4, -0.2) is 65.5 Å². The third kappa shape index (κ3) is 9.62. The number of hydrogen-bond donors (Lipinski definition) is 3. The van der Waals surface area contributed by atoms with Crippen LogP contribution in [0.15, 0.2) is 24.3 Å². The molecule has 1 saturated heterocycles. The maximum absolute atomic E-state index is 12.1. The van der Waals surface area contributed by atoms with E-state index in [0.717, 1.165) is 24.8 Å². The van der Waals surface area contributed by atoms with Crippen molar-refractivity contribution >= 4 is 33.4 Å². The molecule has 0 aromatic heterocycles. The minimum atomic E-state index is -0.330. The van der Waals surface area contributed by atoms with Crippen molar-refractivity contribution in [3.05, 3.63) is 29.8 Å². The molecule has 30 heavy (non-hydrogen) atoms. The zero-order valence-corrected chi connectivity index (χ0v) is 19.5. The Morgan fingerprint density at radius 2 is 1.90 bits per heavy atom. The van der Waals surface area contributed by atoms with Gasteiger partial charge in [-0.2, -0.15) is 0 Å². The summed E-state index contributed by atoms with van der Waals surface area (Å²) in [5, 5.41) is 16.8. The second-order valence-electron chi connectivity index (χ2n) is 7.56. The van der Waals surface area contributed by atoms with E-state index in [0.29, 0.717) is 19.6 Å². The van der Waals surface area contributed by atoms with Gasteiger partial charge in [0.15, 0.2) is 0 Å². The van der Waals surface area contributed by atoms with Crippen molar-refractivity contribution in [1.29, 1.82) is 0 Å². The van der Waals surface area contributed by atoms with Crippen LogP contribution in [0, 0.1) is 0 Å². The van der Waals surface area contributed by atoms with E-state index in [-0.39, 0.29) is 23.1 Å². The number of nitrogens with one attached hydrogen (secondary N) is 2. The average molecular weight is 454 g/mol. The van der Waals surface area contributed by atoms with Gasteiger partial charge >= 0.3 is 0 Å². The topological polar surface area (TPSA) is 81.7 Å². The summed E-state index contributed by atoms with van der Waals surface area (Å²) < 4.78 is 0. The molecule has 168 valence electrons. The summed E-state index contributed by atoms with van der Waals surface area (Å²) in [5.74, 6) is 0.955. The summed E-state index contributed by atoms with van der Waals surface area (Å²) in [6.45, 7) is 4.97. The van der Waals surface area contributed by atoms with E-state index >= 15 is 0 Å². The van der Waals surface area contributed by atoms with E-state index in [1.165, 1.54) is 43.9 Å². The van der Waals surface area contributed by atoms with E-state index < -0.39 is 0 Å². The lowest BCUT2D eigenvalue weighted by Gasteiger charge is -2.21. The second-order valence-corrected chi connectivity index (χ2v) is 10.3. The second kappa shape index (κ2) is 14.6. The van der Waals surface area contributed by atoms with Gasteiger partial charge in [-0.1, -0.05) is 46.6 Å². The summed E-state index contributed by atoms with van der Waals surface area (Å²) >= 11 is 0. The first-order valence-corrected chi connectivity index (χ1v) is 13.3. The highest BCUT2D eigenvalue weighted by atomic mass is 33.1. The molecular weight excluding hydrogens is 418 g/mol. The van der Waals surface area contributed by atoms with Crippen molar-refractivity contribution in [3.63, 3.8) is 0 Å². The molecule has 1 aliphatic heterocycles. The number of hydrogen-bond acceptors (Lipinski definition) is 6. The van der Waals surface area contributed by atoms with Crippen molar-refractivity contribution in [2.45, 2.75) is 50.7 Å². The molecule has 2 rings (SSSR count). The van der Waals surface area contributed by atoms with E-state index in [2.05, 4.69) is 21.4 Å². The summed E-state index contributed by atoms with van der Waals surface area (Å²) in [6.07, 6.45) is 7.43. The van der Waals surface area contributed by atoms with E-state index in [1.807, 2.05) is 10.8 Å². The summed E-state index contributed by atoms with van der Waals surface area (Å²) in [4.78, 5) is 25.7. The molecule has 0 aliphatic carbocycles. The Bertz CT molecular complexity index is 654. The van der Waals surface area contributed by atoms with Gasteiger partial charge in [0.05, 0.1) is 5.56 Å². The zero-order chi connectivity index (χ0) is 21.6. The largest absolute Gasteiger partial charge is 0.507 e. The molecule has 0 bridgehead atoms. The van der Waals surface area contributed by atoms with Crippen LogP contribution in [0.2, 0.25) is 0 Å². The fourth-order valence-corrected chi connectivity index (χ4v) is 6.40. The number of carbonyl (C=O) groups is 2. The molecule has 1 aromatic carbocycles. The predicted molar refractivity (Wildman–Crippen MR) is 127 cm³/mol. The van der Waals surface area contributed by atoms with Crippen LogP contribution in [0.4, 0.5) is 0 Å². The lowest BCUT2D eigenvalue weighted by molar-refractivity contribution is -0.128. The van der Waals surface area contributed by atoms with E-state index in [1.54, 1.807) is 30.0 Å². The van der Waals surface area contributed by atoms with Crippen molar-refractivity contribution in [3.8, 4) is 5.75 Å². The Morgan fingerprint density at radius 3 is 2.63 bits per heavy atom. The van der Waals surface area contributed by atoms with Gasteiger partial charge in [-0.15, -0.1) is 0 Å². The summed E-state index contributed by atoms with van der Waals surface area (Å²) in [7, 11) is 4.08. The Balaban J connectivity index is 1.50. The lowest BCUT2D eigenvalue weighted by atomic mass is 10.1. The number of amides is 2. The first-order valence-electron chi connectivity index (χ1n) is 10.9. The number of phenolic OH excluding ortho intramolecular Hbond substituents is 1. The monoisotopic (exact) mass is 453 g/mol. The van der Waals surface area contributed by atoms with Gasteiger partial charge in [0, 0.05) is 37.6 Å². The molecule has 1 aliphatic rings. The van der Waals surface area contributed by atoms with Crippen LogP contribution in [0.25, 0.3) is 0 Å². The van der Waals surface area contributed by atoms with Crippen LogP contribution in [0.1, 0.15) is 55.8 Å². The molecule has 3 N–H and O–H groups in total. The van der Waals surface area contributed by atoms with Gasteiger partial charge < -0.3 is 20.6 Å². The molecule has 1 fully saturated rings. The molecule has 1 atom stereocenters. The maximum Gasteiger partial charge on any atom is 0.255 e. The van der Waals surface area contributed by atoms with Crippen LogP contribution < -0.4 is 10.6 Å². The normalized spacial score (nSPS) is 15.8. The molecule has 0 saturated carbocycles. The van der Waals surface area contributed by atoms with Crippen molar-refractivity contribution < 1.29 is 14.7 Å². The first kappa shape index (κ1) is 24.9. The Morgan fingerprint density at radius 1 is 1.10 bits per heavy atom. The SMILES string of the molecule is CC(=O)N(CCCNCCCCCC1CCSS1)CCNC(=O)c1ccccc1O. The minimum absolute atomic E-state index is 0.00903. The summed E-state index contributed by atoms with van der Waals surface area (Å²) in [6, 6.07) is 6.44. The molecule has 1 unspecified atom stereocenters. The molecule has 1 heterocycles. The first-order chi connectivity index (χ1) is 14.6. The zero-order valence-electron chi connectivity index (χ0n) is 17.9. The molecular formula is C22H35N3O3S2. The Kier molecular flexibility index (Phi) is 12.1. The standard InChI is InChI=1S/C22H35N3O3S2/c1-18(26)25(16-14-24-22(28)20-9-4-5-10-21(20)27)15-7-13-23-12-6-2-3-8-19-11-17-29-30-19/h4-5,9-10,19,23,27H,2-3,6-8,11-17H2,1H3,(H,24,28). The number of unbranched alkanes of at least 4 members (excludes halogenated alkanes) is 2. The highest BCUT2D eigenvalue weighted by Gasteiger charge is 2.15. The number of nitrogens with zero attached hydrogens (tertiary/aromatic N) is 1. The number of phenols is 1.